The number of fused-ring (bicyclic) bond motifs is 3. The summed E-state index contributed by atoms with van der Waals surface area (Å²) in [6, 6.07) is 12.7. The zero-order chi connectivity index (χ0) is 24.7. The second-order valence-corrected chi connectivity index (χ2v) is 7.81. The van der Waals surface area contributed by atoms with Crippen LogP contribution >= 0.6 is 0 Å². The Morgan fingerprint density at radius 2 is 1.41 bits per heavy atom. The maximum Gasteiger partial charge on any atom is 0.425 e. The highest BCUT2D eigenvalue weighted by molar-refractivity contribution is 6.04. The molecule has 0 bridgehead atoms. The van der Waals surface area contributed by atoms with E-state index in [0.717, 1.165) is 22.3 Å². The number of nitrogens with zero attached hydrogens (tertiary/aromatic N) is 1. The van der Waals surface area contributed by atoms with Gasteiger partial charge in [0.1, 0.15) is 6.61 Å². The molecule has 4 rings (SSSR count). The van der Waals surface area contributed by atoms with E-state index in [4.69, 9.17) is 9.47 Å². The van der Waals surface area contributed by atoms with Gasteiger partial charge in [0.2, 0.25) is 0 Å². The molecular formula is C24H22F3NO6. The van der Waals surface area contributed by atoms with Crippen molar-refractivity contribution in [2.45, 2.75) is 37.5 Å². The van der Waals surface area contributed by atoms with Crippen LogP contribution in [0.25, 0.3) is 11.1 Å². The van der Waals surface area contributed by atoms with Crippen LogP contribution in [0.15, 0.2) is 48.5 Å². The van der Waals surface area contributed by atoms with Crippen molar-refractivity contribution < 1.29 is 41.8 Å². The number of rotatable bonds is 6. The summed E-state index contributed by atoms with van der Waals surface area (Å²) in [7, 11) is 0. The Labute approximate surface area is 193 Å². The van der Waals surface area contributed by atoms with Gasteiger partial charge in [0.25, 0.3) is 5.54 Å². The van der Waals surface area contributed by atoms with Crippen molar-refractivity contribution >= 4 is 18.0 Å². The number of hydrogen-bond acceptors (Lipinski definition) is 6. The summed E-state index contributed by atoms with van der Waals surface area (Å²) < 4.78 is 56.9. The van der Waals surface area contributed by atoms with Crippen LogP contribution in [0.2, 0.25) is 0 Å². The summed E-state index contributed by atoms with van der Waals surface area (Å²) in [6.45, 7) is 1.84. The second-order valence-electron chi connectivity index (χ2n) is 7.81. The van der Waals surface area contributed by atoms with E-state index in [1.807, 2.05) is 48.5 Å². The van der Waals surface area contributed by atoms with Crippen LogP contribution in [-0.2, 0) is 23.8 Å². The third-order valence-electron chi connectivity index (χ3n) is 6.03. The average Bonchev–Trinajstić information content (AvgIpc) is 3.44. The lowest BCUT2D eigenvalue weighted by molar-refractivity contribution is -0.195. The van der Waals surface area contributed by atoms with Crippen molar-refractivity contribution in [2.75, 3.05) is 19.8 Å². The fraction of sp³-hybridized carbons (Fsp3) is 0.375. The van der Waals surface area contributed by atoms with Gasteiger partial charge in [0.05, 0.1) is 13.2 Å². The van der Waals surface area contributed by atoms with Crippen LogP contribution in [0.4, 0.5) is 18.0 Å². The van der Waals surface area contributed by atoms with Crippen LogP contribution in [0.3, 0.4) is 0 Å². The van der Waals surface area contributed by atoms with Gasteiger partial charge in [0, 0.05) is 5.92 Å². The molecule has 2 aliphatic rings. The standard InChI is InChI=1S/C24H22F3NO6/c1-3-32-20(29)19-23(24(25,26)27,21(30)33-4-2)28(19)22(31)34-13-18-16-11-7-5-9-14(16)15-10-6-8-12-17(15)18/h5-12,18-19H,3-4,13H2,1-2H3/t19-,23-,28?/m1/s1. The molecular weight excluding hydrogens is 455 g/mol. The minimum absolute atomic E-state index is 0.0652. The molecule has 1 heterocycles. The van der Waals surface area contributed by atoms with E-state index >= 15 is 0 Å². The summed E-state index contributed by atoms with van der Waals surface area (Å²) in [4.78, 5) is 37.6. The van der Waals surface area contributed by atoms with Crippen LogP contribution in [0, 0.1) is 0 Å². The number of carbonyl (C=O) groups is 3. The second kappa shape index (κ2) is 8.66. The van der Waals surface area contributed by atoms with Crippen LogP contribution in [-0.4, -0.2) is 60.5 Å². The normalized spacial score (nSPS) is 20.9. The molecule has 2 aromatic carbocycles. The Morgan fingerprint density at radius 3 is 1.91 bits per heavy atom. The third-order valence-corrected chi connectivity index (χ3v) is 6.03. The lowest BCUT2D eigenvalue weighted by atomic mass is 9.98. The Balaban J connectivity index is 1.62. The largest absolute Gasteiger partial charge is 0.464 e. The highest BCUT2D eigenvalue weighted by Crippen LogP contribution is 2.54. The van der Waals surface area contributed by atoms with Crippen molar-refractivity contribution in [3.05, 3.63) is 59.7 Å². The molecule has 0 saturated carbocycles. The summed E-state index contributed by atoms with van der Waals surface area (Å²) in [5.74, 6) is -3.53. The minimum Gasteiger partial charge on any atom is -0.464 e. The molecule has 0 spiro atoms. The number of hydrogen-bond donors (Lipinski definition) is 0. The quantitative estimate of drug-likeness (QED) is 0.355. The van der Waals surface area contributed by atoms with Gasteiger partial charge in [-0.1, -0.05) is 48.5 Å². The van der Waals surface area contributed by atoms with Gasteiger partial charge in [-0.3, -0.25) is 4.90 Å². The molecule has 1 fully saturated rings. The SMILES string of the molecule is CCOC(=O)[C@H]1N(C(=O)OCC2c3ccccc3-c3ccccc32)[C@]1(C(=O)OCC)C(F)(F)F. The first-order chi connectivity index (χ1) is 16.2. The summed E-state index contributed by atoms with van der Waals surface area (Å²) in [5.41, 5.74) is 0.101. The smallest absolute Gasteiger partial charge is 0.425 e. The van der Waals surface area contributed by atoms with E-state index in [1.54, 1.807) is 0 Å². The molecule has 2 atom stereocenters. The number of amides is 1. The van der Waals surface area contributed by atoms with E-state index in [0.29, 0.717) is 0 Å². The predicted octanol–water partition coefficient (Wildman–Crippen LogP) is 4.05. The van der Waals surface area contributed by atoms with Crippen LogP contribution < -0.4 is 0 Å². The number of halogens is 3. The molecule has 1 aliphatic heterocycles. The summed E-state index contributed by atoms with van der Waals surface area (Å²) >= 11 is 0. The highest BCUT2D eigenvalue weighted by Gasteiger charge is 2.88. The third kappa shape index (κ3) is 3.48. The van der Waals surface area contributed by atoms with Crippen molar-refractivity contribution in [1.29, 1.82) is 0 Å². The highest BCUT2D eigenvalue weighted by atomic mass is 19.4. The number of ether oxygens (including phenoxy) is 3. The van der Waals surface area contributed by atoms with Gasteiger partial charge in [-0.05, 0) is 36.1 Å². The summed E-state index contributed by atoms with van der Waals surface area (Å²) in [5, 5.41) is 0. The first-order valence-electron chi connectivity index (χ1n) is 10.7. The molecule has 0 unspecified atom stereocenters. The predicted molar refractivity (Wildman–Crippen MR) is 113 cm³/mol. The van der Waals surface area contributed by atoms with Gasteiger partial charge in [0.15, 0.2) is 6.04 Å². The lowest BCUT2D eigenvalue weighted by Gasteiger charge is -2.19. The summed E-state index contributed by atoms with van der Waals surface area (Å²) in [6.07, 6.45) is -6.74. The molecule has 10 heteroatoms. The molecule has 7 nitrogen and oxygen atoms in total. The average molecular weight is 477 g/mol. The molecule has 1 amide bonds. The van der Waals surface area contributed by atoms with E-state index in [9.17, 15) is 27.6 Å². The van der Waals surface area contributed by atoms with Crippen molar-refractivity contribution in [3.8, 4) is 11.1 Å². The minimum atomic E-state index is -5.29. The van der Waals surface area contributed by atoms with Crippen LogP contribution in [0.5, 0.6) is 0 Å². The van der Waals surface area contributed by atoms with Gasteiger partial charge >= 0.3 is 24.2 Å². The van der Waals surface area contributed by atoms with E-state index < -0.39 is 41.7 Å². The van der Waals surface area contributed by atoms with E-state index in [-0.39, 0.29) is 24.7 Å². The zero-order valence-electron chi connectivity index (χ0n) is 18.4. The van der Waals surface area contributed by atoms with E-state index in [2.05, 4.69) is 4.74 Å². The Bertz CT molecular complexity index is 1090. The molecule has 2 aromatic rings. The fourth-order valence-corrected chi connectivity index (χ4v) is 4.56. The topological polar surface area (TPSA) is 81.9 Å². The van der Waals surface area contributed by atoms with Crippen LogP contribution in [0.1, 0.15) is 30.9 Å². The Hall–Kier alpha value is -3.56. The van der Waals surface area contributed by atoms with E-state index in [1.165, 1.54) is 13.8 Å². The number of carbonyl (C=O) groups excluding carboxylic acids is 3. The monoisotopic (exact) mass is 477 g/mol. The zero-order valence-corrected chi connectivity index (χ0v) is 18.4. The number of benzene rings is 2. The van der Waals surface area contributed by atoms with Crippen molar-refractivity contribution in [3.63, 3.8) is 0 Å². The Kier molecular flexibility index (Phi) is 6.01. The molecule has 0 radical (unpaired) electrons. The molecule has 0 N–H and O–H groups in total. The van der Waals surface area contributed by atoms with Crippen molar-refractivity contribution in [2.24, 2.45) is 0 Å². The van der Waals surface area contributed by atoms with Crippen molar-refractivity contribution in [1.82, 2.24) is 4.90 Å². The molecule has 180 valence electrons. The number of esters is 2. The Morgan fingerprint density at radius 1 is 0.882 bits per heavy atom. The molecule has 1 saturated heterocycles. The van der Waals surface area contributed by atoms with Gasteiger partial charge in [-0.2, -0.15) is 13.2 Å². The van der Waals surface area contributed by atoms with Gasteiger partial charge in [-0.25, -0.2) is 14.4 Å². The first-order valence-corrected chi connectivity index (χ1v) is 10.7. The first kappa shape index (κ1) is 23.6. The molecule has 0 aromatic heterocycles. The lowest BCUT2D eigenvalue weighted by Crippen LogP contribution is -2.48. The molecule has 1 aliphatic carbocycles. The van der Waals surface area contributed by atoms with Gasteiger partial charge in [-0.15, -0.1) is 0 Å². The maximum atomic E-state index is 14.1. The fourth-order valence-electron chi connectivity index (χ4n) is 4.56. The molecule has 34 heavy (non-hydrogen) atoms. The van der Waals surface area contributed by atoms with Gasteiger partial charge < -0.3 is 14.2 Å². The number of alkyl halides is 3. The maximum absolute atomic E-state index is 14.1.